The highest BCUT2D eigenvalue weighted by Gasteiger charge is 2.02. The molecular formula is C27H54O2. The van der Waals surface area contributed by atoms with Gasteiger partial charge in [-0.3, -0.25) is 4.79 Å². The van der Waals surface area contributed by atoms with Gasteiger partial charge in [0.05, 0.1) is 0 Å². The second kappa shape index (κ2) is 23.7. The number of carbonyl (C=O) groups is 1. The molecule has 0 fully saturated rings. The van der Waals surface area contributed by atoms with Gasteiger partial charge in [0.1, 0.15) is 0 Å². The van der Waals surface area contributed by atoms with Crippen molar-refractivity contribution in [1.82, 2.24) is 0 Å². The predicted molar refractivity (Wildman–Crippen MR) is 129 cm³/mol. The zero-order valence-electron chi connectivity index (χ0n) is 20.2. The molecule has 1 unspecified atom stereocenters. The van der Waals surface area contributed by atoms with Crippen molar-refractivity contribution in [2.75, 3.05) is 0 Å². The van der Waals surface area contributed by atoms with Crippen molar-refractivity contribution in [3.8, 4) is 0 Å². The number of hydrogen-bond acceptors (Lipinski definition) is 1. The zero-order chi connectivity index (χ0) is 21.4. The van der Waals surface area contributed by atoms with E-state index in [9.17, 15) is 4.79 Å². The highest BCUT2D eigenvalue weighted by molar-refractivity contribution is 5.66. The van der Waals surface area contributed by atoms with E-state index in [-0.39, 0.29) is 0 Å². The minimum Gasteiger partial charge on any atom is -0.481 e. The average Bonchev–Trinajstić information content (AvgIpc) is 2.70. The Morgan fingerprint density at radius 1 is 0.552 bits per heavy atom. The number of carboxylic acids is 1. The molecule has 0 spiro atoms. The molecule has 2 nitrogen and oxygen atoms in total. The van der Waals surface area contributed by atoms with E-state index < -0.39 is 5.97 Å². The molecule has 0 aromatic rings. The van der Waals surface area contributed by atoms with E-state index in [1.54, 1.807) is 0 Å². The van der Waals surface area contributed by atoms with E-state index in [2.05, 4.69) is 13.8 Å². The minimum absolute atomic E-state index is 0.343. The number of aliphatic carboxylic acids is 1. The zero-order valence-corrected chi connectivity index (χ0v) is 20.2. The highest BCUT2D eigenvalue weighted by Crippen LogP contribution is 2.19. The standard InChI is InChI=1S/C27H54O2/c1-3-4-5-6-7-8-9-10-11-12-13-14-17-20-23-26(2)24-21-18-15-16-19-22-25-27(28)29/h26H,3-25H2,1-2H3,(H,28,29). The summed E-state index contributed by atoms with van der Waals surface area (Å²) < 4.78 is 0. The van der Waals surface area contributed by atoms with Crippen LogP contribution < -0.4 is 0 Å². The van der Waals surface area contributed by atoms with E-state index in [0.29, 0.717) is 6.42 Å². The van der Waals surface area contributed by atoms with Gasteiger partial charge in [-0.1, -0.05) is 149 Å². The molecule has 1 N–H and O–H groups in total. The summed E-state index contributed by atoms with van der Waals surface area (Å²) in [5, 5.41) is 8.61. The van der Waals surface area contributed by atoms with E-state index in [1.165, 1.54) is 128 Å². The first-order chi connectivity index (χ1) is 14.2. The Hall–Kier alpha value is -0.530. The van der Waals surface area contributed by atoms with E-state index in [4.69, 9.17) is 5.11 Å². The van der Waals surface area contributed by atoms with Gasteiger partial charge in [-0.25, -0.2) is 0 Å². The van der Waals surface area contributed by atoms with Crippen LogP contribution in [0.4, 0.5) is 0 Å². The lowest BCUT2D eigenvalue weighted by Gasteiger charge is -2.11. The smallest absolute Gasteiger partial charge is 0.303 e. The van der Waals surface area contributed by atoms with Crippen molar-refractivity contribution in [3.05, 3.63) is 0 Å². The maximum Gasteiger partial charge on any atom is 0.303 e. The third-order valence-electron chi connectivity index (χ3n) is 6.39. The van der Waals surface area contributed by atoms with E-state index >= 15 is 0 Å². The fourth-order valence-electron chi connectivity index (χ4n) is 4.31. The molecule has 0 heterocycles. The number of unbranched alkanes of at least 4 members (excludes halogenated alkanes) is 18. The maximum atomic E-state index is 10.5. The molecule has 174 valence electrons. The predicted octanol–water partition coefficient (Wildman–Crippen LogP) is 9.70. The molecule has 0 aromatic heterocycles. The largest absolute Gasteiger partial charge is 0.481 e. The topological polar surface area (TPSA) is 37.3 Å². The summed E-state index contributed by atoms with van der Waals surface area (Å²) in [5.41, 5.74) is 0. The third kappa shape index (κ3) is 25.4. The summed E-state index contributed by atoms with van der Waals surface area (Å²) >= 11 is 0. The van der Waals surface area contributed by atoms with Crippen molar-refractivity contribution in [1.29, 1.82) is 0 Å². The monoisotopic (exact) mass is 410 g/mol. The Bertz CT molecular complexity index is 326. The van der Waals surface area contributed by atoms with Crippen molar-refractivity contribution in [3.63, 3.8) is 0 Å². The fraction of sp³-hybridized carbons (Fsp3) is 0.963. The number of hydrogen-bond donors (Lipinski definition) is 1. The van der Waals surface area contributed by atoms with Crippen LogP contribution in [0.15, 0.2) is 0 Å². The molecule has 2 heteroatoms. The first kappa shape index (κ1) is 28.5. The summed E-state index contributed by atoms with van der Waals surface area (Å²) in [6, 6.07) is 0. The molecule has 29 heavy (non-hydrogen) atoms. The Morgan fingerprint density at radius 2 is 0.862 bits per heavy atom. The molecule has 0 aliphatic heterocycles. The van der Waals surface area contributed by atoms with Crippen molar-refractivity contribution in [2.24, 2.45) is 5.92 Å². The quantitative estimate of drug-likeness (QED) is 0.161. The van der Waals surface area contributed by atoms with Gasteiger partial charge in [0.15, 0.2) is 0 Å². The second-order valence-electron chi connectivity index (χ2n) is 9.54. The van der Waals surface area contributed by atoms with Crippen molar-refractivity contribution < 1.29 is 9.90 Å². The van der Waals surface area contributed by atoms with Crippen LogP contribution in [0.1, 0.15) is 162 Å². The van der Waals surface area contributed by atoms with Gasteiger partial charge in [-0.05, 0) is 12.3 Å². The van der Waals surface area contributed by atoms with Crippen LogP contribution in [-0.4, -0.2) is 11.1 Å². The number of rotatable bonds is 24. The molecule has 0 saturated heterocycles. The first-order valence-electron chi connectivity index (χ1n) is 13.4. The summed E-state index contributed by atoms with van der Waals surface area (Å²) in [5.74, 6) is 0.238. The lowest BCUT2D eigenvalue weighted by atomic mass is 9.95. The molecule has 0 aliphatic carbocycles. The van der Waals surface area contributed by atoms with Gasteiger partial charge in [0.2, 0.25) is 0 Å². The molecule has 0 amide bonds. The molecule has 0 aliphatic rings. The van der Waals surface area contributed by atoms with Crippen LogP contribution in [0.5, 0.6) is 0 Å². The average molecular weight is 411 g/mol. The summed E-state index contributed by atoms with van der Waals surface area (Å²) in [6.07, 6.45) is 30.5. The van der Waals surface area contributed by atoms with Gasteiger partial charge < -0.3 is 5.11 Å². The lowest BCUT2D eigenvalue weighted by Crippen LogP contribution is -1.95. The third-order valence-corrected chi connectivity index (χ3v) is 6.39. The Morgan fingerprint density at radius 3 is 1.21 bits per heavy atom. The lowest BCUT2D eigenvalue weighted by molar-refractivity contribution is -0.137. The van der Waals surface area contributed by atoms with Gasteiger partial charge in [-0.2, -0.15) is 0 Å². The Kier molecular flexibility index (Phi) is 23.3. The van der Waals surface area contributed by atoms with Crippen molar-refractivity contribution >= 4 is 5.97 Å². The molecule has 1 atom stereocenters. The fourth-order valence-corrected chi connectivity index (χ4v) is 4.31. The normalized spacial score (nSPS) is 12.3. The van der Waals surface area contributed by atoms with Crippen LogP contribution in [-0.2, 0) is 4.79 Å². The van der Waals surface area contributed by atoms with Gasteiger partial charge in [-0.15, -0.1) is 0 Å². The second-order valence-corrected chi connectivity index (χ2v) is 9.54. The first-order valence-corrected chi connectivity index (χ1v) is 13.4. The van der Waals surface area contributed by atoms with Crippen LogP contribution in [0.25, 0.3) is 0 Å². The maximum absolute atomic E-state index is 10.5. The molecule has 0 rings (SSSR count). The summed E-state index contributed by atoms with van der Waals surface area (Å²) in [4.78, 5) is 10.5. The Balaban J connectivity index is 3.14. The Labute approximate surface area is 183 Å². The highest BCUT2D eigenvalue weighted by atomic mass is 16.4. The minimum atomic E-state index is -0.651. The van der Waals surface area contributed by atoms with Crippen LogP contribution in [0.3, 0.4) is 0 Å². The van der Waals surface area contributed by atoms with Crippen LogP contribution in [0, 0.1) is 5.92 Å². The molecule has 0 radical (unpaired) electrons. The summed E-state index contributed by atoms with van der Waals surface area (Å²) in [6.45, 7) is 4.72. The van der Waals surface area contributed by atoms with Crippen LogP contribution >= 0.6 is 0 Å². The molecule has 0 bridgehead atoms. The van der Waals surface area contributed by atoms with Gasteiger partial charge in [0, 0.05) is 6.42 Å². The number of carboxylic acid groups (broad SMARTS) is 1. The van der Waals surface area contributed by atoms with Gasteiger partial charge >= 0.3 is 5.97 Å². The molecule has 0 saturated carbocycles. The SMILES string of the molecule is CCCCCCCCCCCCCCCCC(C)CCCCCCCCC(=O)O. The molecular weight excluding hydrogens is 356 g/mol. The summed E-state index contributed by atoms with van der Waals surface area (Å²) in [7, 11) is 0. The molecule has 0 aromatic carbocycles. The van der Waals surface area contributed by atoms with Gasteiger partial charge in [0.25, 0.3) is 0 Å². The van der Waals surface area contributed by atoms with Crippen molar-refractivity contribution in [2.45, 2.75) is 162 Å². The van der Waals surface area contributed by atoms with E-state index in [1.807, 2.05) is 0 Å². The van der Waals surface area contributed by atoms with Crippen LogP contribution in [0.2, 0.25) is 0 Å². The van der Waals surface area contributed by atoms with E-state index in [0.717, 1.165) is 18.8 Å².